The molecule has 122 valence electrons. The first-order valence-electron chi connectivity index (χ1n) is 8.74. The summed E-state index contributed by atoms with van der Waals surface area (Å²) in [7, 11) is 0. The van der Waals surface area contributed by atoms with Crippen molar-refractivity contribution in [1.29, 1.82) is 0 Å². The van der Waals surface area contributed by atoms with Crippen molar-refractivity contribution in [1.82, 2.24) is 4.90 Å². The number of hydrogen-bond donors (Lipinski definition) is 1. The van der Waals surface area contributed by atoms with Gasteiger partial charge in [-0.15, -0.1) is 0 Å². The average molecular weight is 308 g/mol. The number of rotatable bonds is 5. The van der Waals surface area contributed by atoms with Gasteiger partial charge in [-0.25, -0.2) is 0 Å². The van der Waals surface area contributed by atoms with Gasteiger partial charge >= 0.3 is 0 Å². The second kappa shape index (κ2) is 7.18. The van der Waals surface area contributed by atoms with E-state index in [0.29, 0.717) is 6.04 Å². The van der Waals surface area contributed by atoms with Gasteiger partial charge in [0.25, 0.3) is 0 Å². The Morgan fingerprint density at radius 1 is 1.00 bits per heavy atom. The van der Waals surface area contributed by atoms with Crippen molar-refractivity contribution in [3.05, 3.63) is 66.2 Å². The molecule has 0 radical (unpaired) electrons. The molecule has 0 unspecified atom stereocenters. The van der Waals surface area contributed by atoms with Crippen LogP contribution in [0.3, 0.4) is 0 Å². The predicted molar refractivity (Wildman–Crippen MR) is 98.9 cm³/mol. The lowest BCUT2D eigenvalue weighted by molar-refractivity contribution is 0.0720. The van der Waals surface area contributed by atoms with Gasteiger partial charge in [0.05, 0.1) is 0 Å². The highest BCUT2D eigenvalue weighted by molar-refractivity contribution is 5.43. The molecule has 2 aromatic carbocycles. The fourth-order valence-electron chi connectivity index (χ4n) is 3.66. The van der Waals surface area contributed by atoms with Crippen LogP contribution in [-0.2, 0) is 6.42 Å². The smallest absolute Gasteiger partial charge is 0.0342 e. The summed E-state index contributed by atoms with van der Waals surface area (Å²) in [5.41, 5.74) is 2.93. The zero-order valence-corrected chi connectivity index (χ0v) is 14.3. The van der Waals surface area contributed by atoms with Gasteiger partial charge in [0.15, 0.2) is 0 Å². The molecule has 23 heavy (non-hydrogen) atoms. The van der Waals surface area contributed by atoms with Crippen molar-refractivity contribution < 1.29 is 0 Å². The number of benzene rings is 2. The summed E-state index contributed by atoms with van der Waals surface area (Å²) in [6, 6.07) is 22.0. The van der Waals surface area contributed by atoms with Gasteiger partial charge in [-0.2, -0.15) is 0 Å². The zero-order chi connectivity index (χ0) is 16.1. The van der Waals surface area contributed by atoms with Crippen LogP contribution in [0.4, 0.5) is 5.69 Å². The minimum absolute atomic E-state index is 0.249. The van der Waals surface area contributed by atoms with Gasteiger partial charge in [0.2, 0.25) is 0 Å². The molecule has 1 saturated heterocycles. The summed E-state index contributed by atoms with van der Waals surface area (Å²) < 4.78 is 0. The second-order valence-corrected chi connectivity index (χ2v) is 7.24. The lowest BCUT2D eigenvalue weighted by Crippen LogP contribution is -2.53. The van der Waals surface area contributed by atoms with Crippen LogP contribution >= 0.6 is 0 Å². The van der Waals surface area contributed by atoms with Crippen molar-refractivity contribution in [2.24, 2.45) is 0 Å². The summed E-state index contributed by atoms with van der Waals surface area (Å²) >= 11 is 0. The highest BCUT2D eigenvalue weighted by atomic mass is 15.2. The lowest BCUT2D eigenvalue weighted by Gasteiger charge is -2.46. The zero-order valence-electron chi connectivity index (χ0n) is 14.3. The molecule has 1 aliphatic rings. The Morgan fingerprint density at radius 2 is 1.65 bits per heavy atom. The van der Waals surface area contributed by atoms with Crippen LogP contribution < -0.4 is 5.32 Å². The molecule has 2 heteroatoms. The fourth-order valence-corrected chi connectivity index (χ4v) is 3.66. The fraction of sp³-hybridized carbons (Fsp3) is 0.429. The van der Waals surface area contributed by atoms with Gasteiger partial charge in [-0.3, -0.25) is 4.90 Å². The molecular weight excluding hydrogens is 280 g/mol. The number of nitrogens with one attached hydrogen (secondary N) is 1. The first kappa shape index (κ1) is 16.1. The maximum Gasteiger partial charge on any atom is 0.0342 e. The molecule has 1 fully saturated rings. The van der Waals surface area contributed by atoms with Gasteiger partial charge in [-0.05, 0) is 50.8 Å². The van der Waals surface area contributed by atoms with Crippen LogP contribution in [0.1, 0.15) is 32.3 Å². The Kier molecular flexibility index (Phi) is 5.02. The van der Waals surface area contributed by atoms with E-state index in [1.54, 1.807) is 0 Å². The summed E-state index contributed by atoms with van der Waals surface area (Å²) in [5, 5.41) is 3.70. The Morgan fingerprint density at radius 3 is 2.30 bits per heavy atom. The molecule has 1 N–H and O–H groups in total. The minimum atomic E-state index is 0.249. The van der Waals surface area contributed by atoms with Gasteiger partial charge in [0.1, 0.15) is 0 Å². The third-order valence-corrected chi connectivity index (χ3v) is 5.01. The van der Waals surface area contributed by atoms with Crippen molar-refractivity contribution in [2.75, 3.05) is 18.4 Å². The molecule has 1 heterocycles. The molecule has 0 bridgehead atoms. The molecule has 2 nitrogen and oxygen atoms in total. The molecule has 0 aromatic heterocycles. The number of anilines is 1. The van der Waals surface area contributed by atoms with Crippen LogP contribution in [0, 0.1) is 0 Å². The summed E-state index contributed by atoms with van der Waals surface area (Å²) in [5.74, 6) is 0. The number of para-hydroxylation sites is 1. The van der Waals surface area contributed by atoms with Crippen molar-refractivity contribution in [3.8, 4) is 0 Å². The molecule has 0 aliphatic carbocycles. The topological polar surface area (TPSA) is 15.3 Å². The number of piperidine rings is 1. The largest absolute Gasteiger partial charge is 0.382 e. The van der Waals surface area contributed by atoms with Crippen LogP contribution in [0.5, 0.6) is 0 Å². The highest BCUT2D eigenvalue weighted by Gasteiger charge is 2.34. The van der Waals surface area contributed by atoms with E-state index in [0.717, 1.165) is 13.0 Å². The van der Waals surface area contributed by atoms with E-state index in [-0.39, 0.29) is 5.54 Å². The number of hydrogen-bond acceptors (Lipinski definition) is 2. The number of likely N-dealkylation sites (tertiary alicyclic amines) is 1. The average Bonchev–Trinajstić information content (AvgIpc) is 2.55. The SMILES string of the molecule is CC1(C)C[C@H](Nc2ccccc2)CCN1CCc1ccccc1. The minimum Gasteiger partial charge on any atom is -0.382 e. The van der Waals surface area contributed by atoms with Crippen molar-refractivity contribution in [2.45, 2.75) is 44.7 Å². The molecule has 1 aliphatic heterocycles. The molecule has 0 spiro atoms. The van der Waals surface area contributed by atoms with Gasteiger partial charge in [-0.1, -0.05) is 48.5 Å². The second-order valence-electron chi connectivity index (χ2n) is 7.24. The van der Waals surface area contributed by atoms with Crippen molar-refractivity contribution >= 4 is 5.69 Å². The maximum atomic E-state index is 3.70. The summed E-state index contributed by atoms with van der Waals surface area (Å²) in [4.78, 5) is 2.66. The quantitative estimate of drug-likeness (QED) is 0.869. The maximum absolute atomic E-state index is 3.70. The summed E-state index contributed by atoms with van der Waals surface area (Å²) in [6.07, 6.45) is 3.55. The Labute approximate surface area is 140 Å². The Hall–Kier alpha value is -1.80. The first-order chi connectivity index (χ1) is 11.1. The molecule has 2 aromatic rings. The van der Waals surface area contributed by atoms with Crippen LogP contribution in [0.25, 0.3) is 0 Å². The first-order valence-corrected chi connectivity index (χ1v) is 8.74. The number of nitrogens with zero attached hydrogens (tertiary/aromatic N) is 1. The monoisotopic (exact) mass is 308 g/mol. The predicted octanol–water partition coefficient (Wildman–Crippen LogP) is 4.58. The van der Waals surface area contributed by atoms with E-state index in [9.17, 15) is 0 Å². The molecule has 3 rings (SSSR count). The van der Waals surface area contributed by atoms with E-state index in [4.69, 9.17) is 0 Å². The third-order valence-electron chi connectivity index (χ3n) is 5.01. The molecule has 0 amide bonds. The molecule has 0 saturated carbocycles. The standard InChI is InChI=1S/C21H28N2/c1-21(2)17-20(22-19-11-7-4-8-12-19)14-16-23(21)15-13-18-9-5-3-6-10-18/h3-12,20,22H,13-17H2,1-2H3/t20-/m1/s1. The third kappa shape index (κ3) is 4.35. The molecule has 1 atom stereocenters. The summed E-state index contributed by atoms with van der Waals surface area (Å²) in [6.45, 7) is 7.09. The van der Waals surface area contributed by atoms with E-state index in [2.05, 4.69) is 84.7 Å². The van der Waals surface area contributed by atoms with Crippen molar-refractivity contribution in [3.63, 3.8) is 0 Å². The Bertz CT molecular complexity index is 592. The normalized spacial score (nSPS) is 21.0. The van der Waals surface area contributed by atoms with Gasteiger partial charge in [0, 0.05) is 30.4 Å². The van der Waals surface area contributed by atoms with Gasteiger partial charge < -0.3 is 5.32 Å². The van der Waals surface area contributed by atoms with E-state index in [1.165, 1.54) is 30.6 Å². The molecular formula is C21H28N2. The Balaban J connectivity index is 1.55. The van der Waals surface area contributed by atoms with Crippen LogP contribution in [0.15, 0.2) is 60.7 Å². The van der Waals surface area contributed by atoms with E-state index in [1.807, 2.05) is 0 Å². The van der Waals surface area contributed by atoms with Crippen LogP contribution in [-0.4, -0.2) is 29.6 Å². The van der Waals surface area contributed by atoms with Crippen LogP contribution in [0.2, 0.25) is 0 Å². The van der Waals surface area contributed by atoms with E-state index < -0.39 is 0 Å². The van der Waals surface area contributed by atoms with E-state index >= 15 is 0 Å². The lowest BCUT2D eigenvalue weighted by atomic mass is 9.86. The highest BCUT2D eigenvalue weighted by Crippen LogP contribution is 2.29.